The molecule has 0 bridgehead atoms. The Hall–Kier alpha value is -0.480. The Morgan fingerprint density at radius 3 is 2.71 bits per heavy atom. The molecule has 3 nitrogen and oxygen atoms in total. The first-order chi connectivity index (χ1) is 6.74. The summed E-state index contributed by atoms with van der Waals surface area (Å²) in [5, 5.41) is 0. The maximum Gasteiger partial charge on any atom is 0.333 e. The van der Waals surface area contributed by atoms with Crippen molar-refractivity contribution in [3.8, 4) is 0 Å². The molecule has 1 heterocycles. The Morgan fingerprint density at radius 2 is 2.14 bits per heavy atom. The van der Waals surface area contributed by atoms with Crippen LogP contribution in [0, 0.1) is 0 Å². The van der Waals surface area contributed by atoms with E-state index in [1.165, 1.54) is 18.6 Å². The van der Waals surface area contributed by atoms with Crippen LogP contribution in [0.3, 0.4) is 0 Å². The van der Waals surface area contributed by atoms with E-state index in [2.05, 4.69) is 9.64 Å². The lowest BCUT2D eigenvalue weighted by Crippen LogP contribution is -2.32. The van der Waals surface area contributed by atoms with Crippen LogP contribution in [-0.4, -0.2) is 49.1 Å². The Bertz CT molecular complexity index is 222. The van der Waals surface area contributed by atoms with Gasteiger partial charge in [0.2, 0.25) is 0 Å². The quantitative estimate of drug-likeness (QED) is 0.522. The van der Waals surface area contributed by atoms with Gasteiger partial charge < -0.3 is 4.74 Å². The summed E-state index contributed by atoms with van der Waals surface area (Å²) in [6.45, 7) is 4.90. The zero-order valence-electron chi connectivity index (χ0n) is 8.78. The second-order valence-electron chi connectivity index (χ2n) is 3.29. The van der Waals surface area contributed by atoms with Crippen LogP contribution in [0.25, 0.3) is 0 Å². The lowest BCUT2D eigenvalue weighted by molar-refractivity contribution is -0.136. The number of hydrogen-bond acceptors (Lipinski definition) is 4. The third-order valence-electron chi connectivity index (χ3n) is 2.27. The van der Waals surface area contributed by atoms with E-state index >= 15 is 0 Å². The van der Waals surface area contributed by atoms with Gasteiger partial charge in [0.05, 0.1) is 7.11 Å². The fourth-order valence-electron chi connectivity index (χ4n) is 1.29. The van der Waals surface area contributed by atoms with E-state index in [4.69, 9.17) is 0 Å². The van der Waals surface area contributed by atoms with Crippen LogP contribution >= 0.6 is 11.8 Å². The Morgan fingerprint density at radius 1 is 1.50 bits per heavy atom. The van der Waals surface area contributed by atoms with Crippen molar-refractivity contribution in [1.82, 2.24) is 4.90 Å². The minimum Gasteiger partial charge on any atom is -0.466 e. The average Bonchev–Trinajstić information content (AvgIpc) is 2.26. The maximum atomic E-state index is 11.1. The van der Waals surface area contributed by atoms with Gasteiger partial charge in [-0.1, -0.05) is 6.08 Å². The van der Waals surface area contributed by atoms with Crippen molar-refractivity contribution in [2.24, 2.45) is 0 Å². The molecule has 0 unspecified atom stereocenters. The summed E-state index contributed by atoms with van der Waals surface area (Å²) in [4.78, 5) is 13.4. The van der Waals surface area contributed by atoms with Crippen molar-refractivity contribution in [2.75, 3.05) is 38.2 Å². The van der Waals surface area contributed by atoms with Crippen LogP contribution in [0.5, 0.6) is 0 Å². The zero-order chi connectivity index (χ0) is 10.4. The fourth-order valence-corrected chi connectivity index (χ4v) is 2.27. The summed E-state index contributed by atoms with van der Waals surface area (Å²) in [6, 6.07) is 0. The summed E-state index contributed by atoms with van der Waals surface area (Å²) in [5.74, 6) is 2.17. The van der Waals surface area contributed by atoms with Gasteiger partial charge >= 0.3 is 5.97 Å². The molecule has 0 aromatic rings. The minimum atomic E-state index is -0.226. The highest BCUT2D eigenvalue weighted by atomic mass is 32.2. The first-order valence-corrected chi connectivity index (χ1v) is 5.94. The molecule has 0 saturated carbocycles. The predicted molar refractivity (Wildman–Crippen MR) is 59.5 cm³/mol. The molecule has 0 radical (unpaired) electrons. The molecule has 1 rings (SSSR count). The fraction of sp³-hybridized carbons (Fsp3) is 0.700. The van der Waals surface area contributed by atoms with E-state index in [-0.39, 0.29) is 5.97 Å². The van der Waals surface area contributed by atoms with Crippen molar-refractivity contribution in [1.29, 1.82) is 0 Å². The van der Waals surface area contributed by atoms with Gasteiger partial charge in [-0.05, 0) is 6.92 Å². The summed E-state index contributed by atoms with van der Waals surface area (Å²) in [7, 11) is 1.41. The second-order valence-corrected chi connectivity index (χ2v) is 4.52. The Balaban J connectivity index is 2.33. The highest BCUT2D eigenvalue weighted by Gasteiger charge is 2.09. The minimum absolute atomic E-state index is 0.226. The number of esters is 1. The molecule has 0 amide bonds. The van der Waals surface area contributed by atoms with Crippen LogP contribution in [-0.2, 0) is 9.53 Å². The molecular formula is C10H17NO2S. The van der Waals surface area contributed by atoms with Gasteiger partial charge in [0.25, 0.3) is 0 Å². The number of ether oxygens (including phenoxy) is 1. The molecule has 1 aliphatic rings. The lowest BCUT2D eigenvalue weighted by atomic mass is 10.3. The van der Waals surface area contributed by atoms with Crippen molar-refractivity contribution in [3.63, 3.8) is 0 Å². The smallest absolute Gasteiger partial charge is 0.333 e. The van der Waals surface area contributed by atoms with Crippen LogP contribution in [0.15, 0.2) is 11.6 Å². The van der Waals surface area contributed by atoms with Crippen LogP contribution in [0.4, 0.5) is 0 Å². The monoisotopic (exact) mass is 215 g/mol. The molecule has 1 aliphatic heterocycles. The van der Waals surface area contributed by atoms with Gasteiger partial charge in [-0.2, -0.15) is 11.8 Å². The molecular weight excluding hydrogens is 198 g/mol. The Labute approximate surface area is 89.5 Å². The number of methoxy groups -OCH3 is 1. The first-order valence-electron chi connectivity index (χ1n) is 4.79. The van der Waals surface area contributed by atoms with E-state index in [0.717, 1.165) is 19.6 Å². The summed E-state index contributed by atoms with van der Waals surface area (Å²) in [5.41, 5.74) is 0.700. The first kappa shape index (κ1) is 11.6. The molecule has 1 saturated heterocycles. The summed E-state index contributed by atoms with van der Waals surface area (Å²) >= 11 is 1.99. The molecule has 0 aliphatic carbocycles. The molecule has 14 heavy (non-hydrogen) atoms. The van der Waals surface area contributed by atoms with E-state index in [0.29, 0.717) is 5.57 Å². The SMILES string of the molecule is COC(=O)C(C)=CCN1CCSCC1. The Kier molecular flexibility index (Phi) is 5.04. The van der Waals surface area contributed by atoms with Gasteiger partial charge in [-0.3, -0.25) is 4.90 Å². The molecule has 0 aromatic carbocycles. The molecule has 0 atom stereocenters. The van der Waals surface area contributed by atoms with Gasteiger partial charge in [0.1, 0.15) is 0 Å². The van der Waals surface area contributed by atoms with Crippen LogP contribution in [0.2, 0.25) is 0 Å². The third kappa shape index (κ3) is 3.72. The highest BCUT2D eigenvalue weighted by Crippen LogP contribution is 2.09. The molecule has 0 spiro atoms. The third-order valence-corrected chi connectivity index (χ3v) is 3.21. The van der Waals surface area contributed by atoms with Crippen LogP contribution < -0.4 is 0 Å². The van der Waals surface area contributed by atoms with Crippen LogP contribution in [0.1, 0.15) is 6.92 Å². The normalized spacial score (nSPS) is 19.4. The van der Waals surface area contributed by atoms with Gasteiger partial charge in [-0.15, -0.1) is 0 Å². The average molecular weight is 215 g/mol. The molecule has 0 N–H and O–H groups in total. The maximum absolute atomic E-state index is 11.1. The van der Waals surface area contributed by atoms with Crippen molar-refractivity contribution < 1.29 is 9.53 Å². The molecule has 4 heteroatoms. The van der Waals surface area contributed by atoms with E-state index in [1.807, 2.05) is 17.8 Å². The number of hydrogen-bond donors (Lipinski definition) is 0. The zero-order valence-corrected chi connectivity index (χ0v) is 9.60. The number of nitrogens with zero attached hydrogens (tertiary/aromatic N) is 1. The van der Waals surface area contributed by atoms with Gasteiger partial charge in [-0.25, -0.2) is 4.79 Å². The summed E-state index contributed by atoms with van der Waals surface area (Å²) < 4.78 is 4.62. The number of thioether (sulfide) groups is 1. The van der Waals surface area contributed by atoms with Gasteiger partial charge in [0, 0.05) is 36.7 Å². The number of carbonyl (C=O) groups is 1. The number of rotatable bonds is 3. The van der Waals surface area contributed by atoms with Crippen molar-refractivity contribution >= 4 is 17.7 Å². The van der Waals surface area contributed by atoms with Crippen molar-refractivity contribution in [2.45, 2.75) is 6.92 Å². The largest absolute Gasteiger partial charge is 0.466 e. The van der Waals surface area contributed by atoms with Gasteiger partial charge in [0.15, 0.2) is 0 Å². The predicted octanol–water partition coefficient (Wildman–Crippen LogP) is 1.15. The molecule has 0 aromatic heterocycles. The van der Waals surface area contributed by atoms with E-state index in [1.54, 1.807) is 6.92 Å². The summed E-state index contributed by atoms with van der Waals surface area (Å²) in [6.07, 6.45) is 1.95. The molecule has 1 fully saturated rings. The second kappa shape index (κ2) is 6.09. The highest BCUT2D eigenvalue weighted by molar-refractivity contribution is 7.99. The van der Waals surface area contributed by atoms with Crippen molar-refractivity contribution in [3.05, 3.63) is 11.6 Å². The van der Waals surface area contributed by atoms with E-state index in [9.17, 15) is 4.79 Å². The van der Waals surface area contributed by atoms with E-state index < -0.39 is 0 Å². The standard InChI is InChI=1S/C10H17NO2S/c1-9(10(12)13-2)3-4-11-5-7-14-8-6-11/h3H,4-8H2,1-2H3. The number of carbonyl (C=O) groups excluding carboxylic acids is 1. The topological polar surface area (TPSA) is 29.5 Å². The lowest BCUT2D eigenvalue weighted by Gasteiger charge is -2.24. The molecule has 80 valence electrons.